The van der Waals surface area contributed by atoms with Crippen LogP contribution in [0.15, 0.2) is 24.3 Å². The maximum Gasteiger partial charge on any atom is 0.269 e. The van der Waals surface area contributed by atoms with E-state index in [2.05, 4.69) is 6.07 Å². The van der Waals surface area contributed by atoms with Crippen molar-refractivity contribution in [1.82, 2.24) is 0 Å². The number of non-ortho nitro benzene ring substituents is 1. The minimum absolute atomic E-state index is 0.0730. The lowest BCUT2D eigenvalue weighted by atomic mass is 9.58. The molecule has 1 aromatic carbocycles. The number of nitro benzene ring substituents is 1. The number of hydrogen-bond acceptors (Lipinski definition) is 3. The predicted molar refractivity (Wildman–Crippen MR) is 58.8 cm³/mol. The molecule has 4 nitrogen and oxygen atoms in total. The number of benzene rings is 1. The first kappa shape index (κ1) is 10.6. The van der Waals surface area contributed by atoms with Gasteiger partial charge in [0.1, 0.15) is 0 Å². The number of nitro groups is 1. The summed E-state index contributed by atoms with van der Waals surface area (Å²) in [6, 6.07) is 8.71. The quantitative estimate of drug-likeness (QED) is 0.563. The van der Waals surface area contributed by atoms with Crippen molar-refractivity contribution in [2.45, 2.75) is 25.2 Å². The van der Waals surface area contributed by atoms with Crippen LogP contribution in [0.4, 0.5) is 5.69 Å². The van der Waals surface area contributed by atoms with Gasteiger partial charge < -0.3 is 0 Å². The standard InChI is InChI=1S/C12H12N2O2/c1-9-6-7-12(9,8-13)10-2-4-11(5-3-10)14(15)16/h2-5,9H,6-7H2,1H3. The van der Waals surface area contributed by atoms with Crippen LogP contribution >= 0.6 is 0 Å². The van der Waals surface area contributed by atoms with E-state index in [4.69, 9.17) is 0 Å². The molecule has 0 spiro atoms. The Balaban J connectivity index is 2.35. The molecule has 0 aliphatic heterocycles. The van der Waals surface area contributed by atoms with E-state index < -0.39 is 10.3 Å². The number of hydrogen-bond donors (Lipinski definition) is 0. The van der Waals surface area contributed by atoms with E-state index in [1.54, 1.807) is 12.1 Å². The van der Waals surface area contributed by atoms with Crippen molar-refractivity contribution in [2.75, 3.05) is 0 Å². The summed E-state index contributed by atoms with van der Waals surface area (Å²) in [5.74, 6) is 0.332. The van der Waals surface area contributed by atoms with E-state index in [1.807, 2.05) is 6.92 Å². The number of nitriles is 1. The highest BCUT2D eigenvalue weighted by atomic mass is 16.6. The Morgan fingerprint density at radius 3 is 2.44 bits per heavy atom. The van der Waals surface area contributed by atoms with Crippen LogP contribution in [0.2, 0.25) is 0 Å². The summed E-state index contributed by atoms with van der Waals surface area (Å²) in [7, 11) is 0. The van der Waals surface area contributed by atoms with E-state index >= 15 is 0 Å². The maximum atomic E-state index is 10.5. The lowest BCUT2D eigenvalue weighted by molar-refractivity contribution is -0.384. The smallest absolute Gasteiger partial charge is 0.258 e. The zero-order chi connectivity index (χ0) is 11.8. The summed E-state index contributed by atoms with van der Waals surface area (Å²) in [5.41, 5.74) is 0.554. The summed E-state index contributed by atoms with van der Waals surface area (Å²) >= 11 is 0. The first-order chi connectivity index (χ1) is 7.60. The molecule has 2 atom stereocenters. The van der Waals surface area contributed by atoms with Gasteiger partial charge in [0, 0.05) is 12.1 Å². The second-order valence-electron chi connectivity index (χ2n) is 4.33. The lowest BCUT2D eigenvalue weighted by Gasteiger charge is -2.42. The third kappa shape index (κ3) is 1.36. The fraction of sp³-hybridized carbons (Fsp3) is 0.417. The fourth-order valence-corrected chi connectivity index (χ4v) is 2.26. The van der Waals surface area contributed by atoms with Gasteiger partial charge in [-0.1, -0.05) is 19.1 Å². The van der Waals surface area contributed by atoms with Gasteiger partial charge in [-0.25, -0.2) is 0 Å². The molecule has 2 unspecified atom stereocenters. The molecule has 0 amide bonds. The molecule has 1 aliphatic carbocycles. The highest BCUT2D eigenvalue weighted by Gasteiger charge is 2.45. The molecular weight excluding hydrogens is 204 g/mol. The van der Waals surface area contributed by atoms with Crippen molar-refractivity contribution >= 4 is 5.69 Å². The molecule has 1 saturated carbocycles. The summed E-state index contributed by atoms with van der Waals surface area (Å²) in [5, 5.41) is 19.8. The zero-order valence-electron chi connectivity index (χ0n) is 9.01. The largest absolute Gasteiger partial charge is 0.269 e. The maximum absolute atomic E-state index is 10.5. The average molecular weight is 216 g/mol. The van der Waals surface area contributed by atoms with Gasteiger partial charge in [-0.05, 0) is 24.3 Å². The van der Waals surface area contributed by atoms with Crippen LogP contribution in [-0.4, -0.2) is 4.92 Å². The van der Waals surface area contributed by atoms with Crippen LogP contribution in [0.5, 0.6) is 0 Å². The van der Waals surface area contributed by atoms with Crippen molar-refractivity contribution in [3.8, 4) is 6.07 Å². The van der Waals surface area contributed by atoms with Crippen molar-refractivity contribution < 1.29 is 4.92 Å². The molecule has 4 heteroatoms. The molecular formula is C12H12N2O2. The van der Waals surface area contributed by atoms with Crippen molar-refractivity contribution in [1.29, 1.82) is 5.26 Å². The van der Waals surface area contributed by atoms with E-state index in [-0.39, 0.29) is 5.69 Å². The van der Waals surface area contributed by atoms with Gasteiger partial charge in [0.05, 0.1) is 16.4 Å². The van der Waals surface area contributed by atoms with Gasteiger partial charge in [-0.3, -0.25) is 10.1 Å². The third-order valence-electron chi connectivity index (χ3n) is 3.61. The van der Waals surface area contributed by atoms with Crippen LogP contribution in [0.1, 0.15) is 25.3 Å². The summed E-state index contributed by atoms with van der Waals surface area (Å²) in [6.07, 6.45) is 1.90. The summed E-state index contributed by atoms with van der Waals surface area (Å²) in [6.45, 7) is 2.05. The van der Waals surface area contributed by atoms with E-state index in [0.29, 0.717) is 5.92 Å². The van der Waals surface area contributed by atoms with Gasteiger partial charge in [-0.2, -0.15) is 5.26 Å². The Hall–Kier alpha value is -1.89. The van der Waals surface area contributed by atoms with Crippen LogP contribution in [0.25, 0.3) is 0 Å². The summed E-state index contributed by atoms with van der Waals surface area (Å²) in [4.78, 5) is 10.1. The Morgan fingerprint density at radius 2 is 2.12 bits per heavy atom. The molecule has 1 aromatic rings. The number of nitrogens with zero attached hydrogens (tertiary/aromatic N) is 2. The van der Waals surface area contributed by atoms with E-state index in [0.717, 1.165) is 18.4 Å². The Morgan fingerprint density at radius 1 is 1.50 bits per heavy atom. The molecule has 0 heterocycles. The van der Waals surface area contributed by atoms with Gasteiger partial charge in [0.2, 0.25) is 0 Å². The van der Waals surface area contributed by atoms with Crippen molar-refractivity contribution in [2.24, 2.45) is 5.92 Å². The molecule has 0 aromatic heterocycles. The second-order valence-corrected chi connectivity index (χ2v) is 4.33. The molecule has 16 heavy (non-hydrogen) atoms. The molecule has 2 rings (SSSR count). The topological polar surface area (TPSA) is 66.9 Å². The first-order valence-electron chi connectivity index (χ1n) is 5.26. The molecule has 0 radical (unpaired) electrons. The predicted octanol–water partition coefficient (Wildman–Crippen LogP) is 2.79. The molecule has 1 aliphatic rings. The minimum Gasteiger partial charge on any atom is -0.258 e. The van der Waals surface area contributed by atoms with Crippen LogP contribution in [-0.2, 0) is 5.41 Å². The molecule has 1 fully saturated rings. The van der Waals surface area contributed by atoms with E-state index in [1.165, 1.54) is 12.1 Å². The molecule has 0 bridgehead atoms. The van der Waals surface area contributed by atoms with E-state index in [9.17, 15) is 15.4 Å². The molecule has 82 valence electrons. The zero-order valence-corrected chi connectivity index (χ0v) is 9.01. The normalized spacial score (nSPS) is 27.9. The Bertz CT molecular complexity index is 461. The van der Waals surface area contributed by atoms with Gasteiger partial charge in [0.25, 0.3) is 5.69 Å². The fourth-order valence-electron chi connectivity index (χ4n) is 2.26. The van der Waals surface area contributed by atoms with Crippen LogP contribution in [0.3, 0.4) is 0 Å². The minimum atomic E-state index is -0.424. The van der Waals surface area contributed by atoms with Gasteiger partial charge in [0.15, 0.2) is 0 Å². The van der Waals surface area contributed by atoms with Gasteiger partial charge >= 0.3 is 0 Å². The monoisotopic (exact) mass is 216 g/mol. The summed E-state index contributed by atoms with van der Waals surface area (Å²) < 4.78 is 0. The third-order valence-corrected chi connectivity index (χ3v) is 3.61. The van der Waals surface area contributed by atoms with Crippen molar-refractivity contribution in [3.05, 3.63) is 39.9 Å². The van der Waals surface area contributed by atoms with Crippen molar-refractivity contribution in [3.63, 3.8) is 0 Å². The lowest BCUT2D eigenvalue weighted by Crippen LogP contribution is -2.41. The first-order valence-corrected chi connectivity index (χ1v) is 5.26. The highest BCUT2D eigenvalue weighted by molar-refractivity contribution is 5.42. The SMILES string of the molecule is CC1CCC1(C#N)c1ccc([N+](=O)[O-])cc1. The van der Waals surface area contributed by atoms with Crippen LogP contribution in [0, 0.1) is 27.4 Å². The van der Waals surface area contributed by atoms with Crippen LogP contribution < -0.4 is 0 Å². The molecule has 0 N–H and O–H groups in total. The number of rotatable bonds is 2. The Kier molecular flexibility index (Phi) is 2.39. The Labute approximate surface area is 93.7 Å². The highest BCUT2D eigenvalue weighted by Crippen LogP contribution is 2.48. The second kappa shape index (κ2) is 3.60. The average Bonchev–Trinajstić information content (AvgIpc) is 2.29. The van der Waals surface area contributed by atoms with Gasteiger partial charge in [-0.15, -0.1) is 0 Å². The molecule has 0 saturated heterocycles.